The van der Waals surface area contributed by atoms with E-state index >= 15 is 0 Å². The van der Waals surface area contributed by atoms with Gasteiger partial charge >= 0.3 is 5.97 Å². The van der Waals surface area contributed by atoms with Crippen molar-refractivity contribution in [1.29, 1.82) is 0 Å². The molecule has 0 atom stereocenters. The average molecular weight is 501 g/mol. The van der Waals surface area contributed by atoms with E-state index in [9.17, 15) is 4.79 Å². The van der Waals surface area contributed by atoms with Crippen LogP contribution < -0.4 is 10.6 Å². The molecule has 1 heterocycles. The van der Waals surface area contributed by atoms with Crippen molar-refractivity contribution in [1.82, 2.24) is 5.32 Å². The highest BCUT2D eigenvalue weighted by Gasteiger charge is 2.19. The molecular formula is C29H28N2O2S2. The maximum absolute atomic E-state index is 12.6. The van der Waals surface area contributed by atoms with Crippen LogP contribution in [-0.4, -0.2) is 24.2 Å². The summed E-state index contributed by atoms with van der Waals surface area (Å²) < 4.78 is 5.27. The summed E-state index contributed by atoms with van der Waals surface area (Å²) in [6, 6.07) is 32.9. The first-order chi connectivity index (χ1) is 17.2. The lowest BCUT2D eigenvalue weighted by atomic mass is 9.88. The predicted octanol–water partition coefficient (Wildman–Crippen LogP) is 7.10. The lowest BCUT2D eigenvalue weighted by Crippen LogP contribution is -2.30. The maximum atomic E-state index is 12.6. The Kier molecular flexibility index (Phi) is 8.65. The lowest BCUT2D eigenvalue weighted by Gasteiger charge is -2.19. The van der Waals surface area contributed by atoms with E-state index in [0.717, 1.165) is 16.9 Å². The SMILES string of the molecule is CCOC(=O)c1cc(-c2ccccc2)sc1NC(=S)NCCC(c1ccccc1)c1ccccc1. The molecule has 178 valence electrons. The molecule has 4 nitrogen and oxygen atoms in total. The fraction of sp³-hybridized carbons (Fsp3) is 0.172. The fourth-order valence-corrected chi connectivity index (χ4v) is 5.29. The molecule has 2 N–H and O–H groups in total. The van der Waals surface area contributed by atoms with Gasteiger partial charge in [0.05, 0.1) is 12.2 Å². The molecule has 1 aromatic heterocycles. The minimum atomic E-state index is -0.357. The van der Waals surface area contributed by atoms with E-state index in [1.165, 1.54) is 22.5 Å². The topological polar surface area (TPSA) is 50.4 Å². The van der Waals surface area contributed by atoms with E-state index in [1.54, 1.807) is 6.92 Å². The largest absolute Gasteiger partial charge is 0.462 e. The summed E-state index contributed by atoms with van der Waals surface area (Å²) in [6.07, 6.45) is 0.875. The van der Waals surface area contributed by atoms with Gasteiger partial charge in [0, 0.05) is 17.3 Å². The number of thiocarbonyl (C=S) groups is 1. The third-order valence-electron chi connectivity index (χ3n) is 5.64. The van der Waals surface area contributed by atoms with Crippen molar-refractivity contribution >= 4 is 39.6 Å². The van der Waals surface area contributed by atoms with Crippen LogP contribution in [0.2, 0.25) is 0 Å². The van der Waals surface area contributed by atoms with Gasteiger partial charge in [0.25, 0.3) is 0 Å². The van der Waals surface area contributed by atoms with Crippen molar-refractivity contribution < 1.29 is 9.53 Å². The average Bonchev–Trinajstić information content (AvgIpc) is 3.32. The Hall–Kier alpha value is -3.48. The van der Waals surface area contributed by atoms with Gasteiger partial charge in [0.15, 0.2) is 5.11 Å². The van der Waals surface area contributed by atoms with E-state index in [0.29, 0.717) is 28.8 Å². The van der Waals surface area contributed by atoms with Gasteiger partial charge in [-0.15, -0.1) is 11.3 Å². The second kappa shape index (κ2) is 12.3. The highest BCUT2D eigenvalue weighted by atomic mass is 32.1. The third-order valence-corrected chi connectivity index (χ3v) is 6.98. The Labute approximate surface area is 216 Å². The molecule has 4 rings (SSSR count). The van der Waals surface area contributed by atoms with Crippen molar-refractivity contribution in [3.8, 4) is 10.4 Å². The first-order valence-corrected chi connectivity index (χ1v) is 12.9. The van der Waals surface area contributed by atoms with Gasteiger partial charge in [0.2, 0.25) is 0 Å². The Morgan fingerprint density at radius 1 is 0.914 bits per heavy atom. The van der Waals surface area contributed by atoms with E-state index < -0.39 is 0 Å². The summed E-state index contributed by atoms with van der Waals surface area (Å²) in [5.41, 5.74) is 4.08. The zero-order valence-corrected chi connectivity index (χ0v) is 21.2. The van der Waals surface area contributed by atoms with E-state index in [2.05, 4.69) is 59.2 Å². The molecular weight excluding hydrogens is 472 g/mol. The number of rotatable bonds is 9. The van der Waals surface area contributed by atoms with Crippen molar-refractivity contribution in [2.75, 3.05) is 18.5 Å². The van der Waals surface area contributed by atoms with Crippen LogP contribution >= 0.6 is 23.6 Å². The highest BCUT2D eigenvalue weighted by molar-refractivity contribution is 7.80. The quantitative estimate of drug-likeness (QED) is 0.190. The molecule has 0 bridgehead atoms. The van der Waals surface area contributed by atoms with Crippen LogP contribution in [0.4, 0.5) is 5.00 Å². The summed E-state index contributed by atoms with van der Waals surface area (Å²) in [5, 5.41) is 7.72. The van der Waals surface area contributed by atoms with Crippen molar-refractivity contribution in [2.24, 2.45) is 0 Å². The number of benzene rings is 3. The van der Waals surface area contributed by atoms with Gasteiger partial charge in [-0.05, 0) is 48.3 Å². The summed E-state index contributed by atoms with van der Waals surface area (Å²) in [7, 11) is 0. The predicted molar refractivity (Wildman–Crippen MR) is 149 cm³/mol. The van der Waals surface area contributed by atoms with Gasteiger partial charge in [0.1, 0.15) is 5.00 Å². The number of thiophene rings is 1. The second-order valence-electron chi connectivity index (χ2n) is 7.98. The van der Waals surface area contributed by atoms with Crippen molar-refractivity contribution in [2.45, 2.75) is 19.3 Å². The highest BCUT2D eigenvalue weighted by Crippen LogP contribution is 2.36. The van der Waals surface area contributed by atoms with Crippen LogP contribution in [0.25, 0.3) is 10.4 Å². The molecule has 0 aliphatic heterocycles. The first kappa shape index (κ1) is 24.6. The molecule has 4 aromatic rings. The molecule has 0 saturated heterocycles. The standard InChI is InChI=1S/C29H28N2O2S2/c1-2-33-28(32)25-20-26(23-16-10-5-11-17-23)35-27(25)31-29(34)30-19-18-24(21-12-6-3-7-13-21)22-14-8-4-9-15-22/h3-17,20,24H,2,18-19H2,1H3,(H2,30,31,34). The number of carbonyl (C=O) groups excluding carboxylic acids is 1. The molecule has 0 aliphatic carbocycles. The van der Waals surface area contributed by atoms with Crippen LogP contribution in [0.15, 0.2) is 97.1 Å². The van der Waals surface area contributed by atoms with Gasteiger partial charge in [-0.1, -0.05) is 91.0 Å². The molecule has 0 spiro atoms. The van der Waals surface area contributed by atoms with Crippen LogP contribution in [-0.2, 0) is 4.74 Å². The van der Waals surface area contributed by atoms with Crippen molar-refractivity contribution in [3.05, 3.63) is 114 Å². The monoisotopic (exact) mass is 500 g/mol. The van der Waals surface area contributed by atoms with E-state index in [-0.39, 0.29) is 11.9 Å². The third kappa shape index (κ3) is 6.56. The molecule has 35 heavy (non-hydrogen) atoms. The van der Waals surface area contributed by atoms with Gasteiger partial charge < -0.3 is 15.4 Å². The molecule has 0 radical (unpaired) electrons. The molecule has 0 saturated carbocycles. The molecule has 0 aliphatic rings. The Morgan fingerprint density at radius 2 is 1.49 bits per heavy atom. The second-order valence-corrected chi connectivity index (χ2v) is 9.44. The number of nitrogens with one attached hydrogen (secondary N) is 2. The van der Waals surface area contributed by atoms with Crippen molar-refractivity contribution in [3.63, 3.8) is 0 Å². The molecule has 0 unspecified atom stereocenters. The van der Waals surface area contributed by atoms with Crippen LogP contribution in [0, 0.1) is 0 Å². The molecule has 6 heteroatoms. The van der Waals surface area contributed by atoms with Gasteiger partial charge in [-0.3, -0.25) is 0 Å². The molecule has 3 aromatic carbocycles. The van der Waals surface area contributed by atoms with Crippen LogP contribution in [0.5, 0.6) is 0 Å². The van der Waals surface area contributed by atoms with E-state index in [4.69, 9.17) is 17.0 Å². The smallest absolute Gasteiger partial charge is 0.341 e. The number of ether oxygens (including phenoxy) is 1. The lowest BCUT2D eigenvalue weighted by molar-refractivity contribution is 0.0528. The van der Waals surface area contributed by atoms with Gasteiger partial charge in [-0.25, -0.2) is 4.79 Å². The summed E-state index contributed by atoms with van der Waals surface area (Å²) in [5.74, 6) is -0.0985. The van der Waals surface area contributed by atoms with Crippen LogP contribution in [0.1, 0.15) is 40.7 Å². The summed E-state index contributed by atoms with van der Waals surface area (Å²) in [4.78, 5) is 13.6. The Bertz CT molecular complexity index is 1200. The minimum absolute atomic E-state index is 0.259. The number of anilines is 1. The maximum Gasteiger partial charge on any atom is 0.341 e. The van der Waals surface area contributed by atoms with E-state index in [1.807, 2.05) is 48.5 Å². The Morgan fingerprint density at radius 3 is 2.06 bits per heavy atom. The first-order valence-electron chi connectivity index (χ1n) is 11.7. The number of hydrogen-bond donors (Lipinski definition) is 2. The van der Waals surface area contributed by atoms with Crippen LogP contribution in [0.3, 0.4) is 0 Å². The Balaban J connectivity index is 1.45. The summed E-state index contributed by atoms with van der Waals surface area (Å²) >= 11 is 7.08. The normalized spacial score (nSPS) is 10.7. The fourth-order valence-electron chi connectivity index (χ4n) is 3.96. The molecule has 0 amide bonds. The van der Waals surface area contributed by atoms with Gasteiger partial charge in [-0.2, -0.15) is 0 Å². The number of esters is 1. The zero-order chi connectivity index (χ0) is 24.5. The zero-order valence-electron chi connectivity index (χ0n) is 19.6. The number of hydrogen-bond acceptors (Lipinski definition) is 4. The molecule has 0 fully saturated rings. The number of carbonyl (C=O) groups is 1. The summed E-state index contributed by atoms with van der Waals surface area (Å²) in [6.45, 7) is 2.81. The minimum Gasteiger partial charge on any atom is -0.462 e.